The van der Waals surface area contributed by atoms with Crippen LogP contribution in [0.1, 0.15) is 20.8 Å². The molecule has 3 nitrogen and oxygen atoms in total. The van der Waals surface area contributed by atoms with E-state index in [1.54, 1.807) is 20.8 Å². The minimum Gasteiger partial charge on any atom is -0.481 e. The van der Waals surface area contributed by atoms with Gasteiger partial charge in [-0.3, -0.25) is 4.79 Å². The van der Waals surface area contributed by atoms with Gasteiger partial charge in [-0.15, -0.1) is 11.6 Å². The Kier molecular flexibility index (Phi) is 4.00. The molecule has 4 heteroatoms. The summed E-state index contributed by atoms with van der Waals surface area (Å²) in [6.07, 6.45) is -0.982. The molecule has 2 atom stereocenters. The summed E-state index contributed by atoms with van der Waals surface area (Å²) >= 11 is 5.38. The van der Waals surface area contributed by atoms with E-state index < -0.39 is 23.4 Å². The van der Waals surface area contributed by atoms with Gasteiger partial charge in [0.25, 0.3) is 0 Å². The SMILES string of the molecule is CC(C)(C)[C@H](C(=O)O)[C@@H](O)CCl. The van der Waals surface area contributed by atoms with Crippen LogP contribution in [0.3, 0.4) is 0 Å². The molecule has 0 saturated carbocycles. The number of aliphatic hydroxyl groups excluding tert-OH is 1. The second-order valence-corrected chi connectivity index (χ2v) is 4.21. The van der Waals surface area contributed by atoms with Gasteiger partial charge in [-0.1, -0.05) is 20.8 Å². The van der Waals surface area contributed by atoms with Crippen LogP contribution >= 0.6 is 11.6 Å². The molecule has 12 heavy (non-hydrogen) atoms. The minimum absolute atomic E-state index is 0.0474. The van der Waals surface area contributed by atoms with Crippen LogP contribution in [-0.4, -0.2) is 28.2 Å². The van der Waals surface area contributed by atoms with Gasteiger partial charge in [0.1, 0.15) is 0 Å². The number of aliphatic hydroxyl groups is 1. The van der Waals surface area contributed by atoms with Crippen molar-refractivity contribution in [1.82, 2.24) is 0 Å². The van der Waals surface area contributed by atoms with E-state index in [1.807, 2.05) is 0 Å². The number of carboxylic acid groups (broad SMARTS) is 1. The van der Waals surface area contributed by atoms with Crippen LogP contribution in [0, 0.1) is 11.3 Å². The van der Waals surface area contributed by atoms with Gasteiger partial charge in [-0.25, -0.2) is 0 Å². The molecule has 0 spiro atoms. The van der Waals surface area contributed by atoms with Crippen LogP contribution < -0.4 is 0 Å². The topological polar surface area (TPSA) is 57.5 Å². The molecule has 0 aromatic heterocycles. The summed E-state index contributed by atoms with van der Waals surface area (Å²) in [7, 11) is 0. The summed E-state index contributed by atoms with van der Waals surface area (Å²) in [6.45, 7) is 5.30. The van der Waals surface area contributed by atoms with E-state index >= 15 is 0 Å². The number of hydrogen-bond acceptors (Lipinski definition) is 2. The molecule has 0 bridgehead atoms. The van der Waals surface area contributed by atoms with Crippen molar-refractivity contribution in [2.24, 2.45) is 11.3 Å². The van der Waals surface area contributed by atoms with Gasteiger partial charge >= 0.3 is 5.97 Å². The zero-order chi connectivity index (χ0) is 9.94. The Morgan fingerprint density at radius 3 is 2.00 bits per heavy atom. The van der Waals surface area contributed by atoms with Crippen molar-refractivity contribution < 1.29 is 15.0 Å². The highest BCUT2D eigenvalue weighted by atomic mass is 35.5. The molecule has 2 N–H and O–H groups in total. The number of hydrogen-bond donors (Lipinski definition) is 2. The summed E-state index contributed by atoms with van der Waals surface area (Å²) in [5, 5.41) is 18.1. The first-order valence-electron chi connectivity index (χ1n) is 3.77. The molecule has 72 valence electrons. The van der Waals surface area contributed by atoms with E-state index in [1.165, 1.54) is 0 Å². The summed E-state index contributed by atoms with van der Waals surface area (Å²) < 4.78 is 0. The fourth-order valence-electron chi connectivity index (χ4n) is 1.20. The monoisotopic (exact) mass is 194 g/mol. The van der Waals surface area contributed by atoms with Crippen LogP contribution in [0.5, 0.6) is 0 Å². The standard InChI is InChI=1S/C8H15ClO3/c1-8(2,3)6(7(11)12)5(10)4-9/h5-6,10H,4H2,1-3H3,(H,11,12)/t5-,6-/m0/s1. The molecule has 0 unspecified atom stereocenters. The molecule has 0 fully saturated rings. The van der Waals surface area contributed by atoms with E-state index in [4.69, 9.17) is 16.7 Å². The van der Waals surface area contributed by atoms with Crippen LogP contribution in [-0.2, 0) is 4.79 Å². The van der Waals surface area contributed by atoms with Crippen LogP contribution in [0.25, 0.3) is 0 Å². The summed E-state index contributed by atoms with van der Waals surface area (Å²) in [6, 6.07) is 0. The molecule has 0 aromatic carbocycles. The molecule has 0 aromatic rings. The van der Waals surface area contributed by atoms with Crippen molar-refractivity contribution in [3.63, 3.8) is 0 Å². The van der Waals surface area contributed by atoms with Crippen molar-refractivity contribution in [2.75, 3.05) is 5.88 Å². The third kappa shape index (κ3) is 2.99. The second kappa shape index (κ2) is 4.10. The minimum atomic E-state index is -1.00. The molecule has 0 aliphatic heterocycles. The Morgan fingerprint density at radius 1 is 1.50 bits per heavy atom. The molecule has 0 heterocycles. The summed E-state index contributed by atoms with van der Waals surface area (Å²) in [5.74, 6) is -1.86. The zero-order valence-electron chi connectivity index (χ0n) is 7.54. The van der Waals surface area contributed by atoms with Gasteiger partial charge < -0.3 is 10.2 Å². The van der Waals surface area contributed by atoms with E-state index in [-0.39, 0.29) is 5.88 Å². The van der Waals surface area contributed by atoms with E-state index in [9.17, 15) is 9.90 Å². The number of aliphatic carboxylic acids is 1. The maximum Gasteiger partial charge on any atom is 0.309 e. The molecule has 0 saturated heterocycles. The number of alkyl halides is 1. The Morgan fingerprint density at radius 2 is 1.92 bits per heavy atom. The summed E-state index contributed by atoms with van der Waals surface area (Å²) in [5.41, 5.74) is -0.472. The van der Waals surface area contributed by atoms with Crippen LogP contribution in [0.15, 0.2) is 0 Å². The lowest BCUT2D eigenvalue weighted by Crippen LogP contribution is -2.39. The van der Waals surface area contributed by atoms with Gasteiger partial charge in [-0.2, -0.15) is 0 Å². The van der Waals surface area contributed by atoms with Gasteiger partial charge in [0.15, 0.2) is 0 Å². The Balaban J connectivity index is 4.56. The van der Waals surface area contributed by atoms with Gasteiger partial charge in [-0.05, 0) is 5.41 Å². The first kappa shape index (κ1) is 11.7. The fourth-order valence-corrected chi connectivity index (χ4v) is 1.38. The Bertz CT molecular complexity index is 162. The second-order valence-electron chi connectivity index (χ2n) is 3.90. The first-order chi connectivity index (χ1) is 5.30. The largest absolute Gasteiger partial charge is 0.481 e. The zero-order valence-corrected chi connectivity index (χ0v) is 8.30. The molecule has 0 amide bonds. The lowest BCUT2D eigenvalue weighted by Gasteiger charge is -2.29. The predicted molar refractivity (Wildman–Crippen MR) is 47.3 cm³/mol. The lowest BCUT2D eigenvalue weighted by molar-refractivity contribution is -0.150. The van der Waals surface area contributed by atoms with Crippen molar-refractivity contribution in [3.05, 3.63) is 0 Å². The molecule has 0 rings (SSSR count). The first-order valence-corrected chi connectivity index (χ1v) is 4.31. The Labute approximate surface area is 77.3 Å². The van der Waals surface area contributed by atoms with Gasteiger partial charge in [0.05, 0.1) is 12.0 Å². The van der Waals surface area contributed by atoms with Crippen molar-refractivity contribution in [2.45, 2.75) is 26.9 Å². The number of carboxylic acids is 1. The highest BCUT2D eigenvalue weighted by Gasteiger charge is 2.36. The maximum atomic E-state index is 10.7. The predicted octanol–water partition coefficient (Wildman–Crippen LogP) is 1.33. The van der Waals surface area contributed by atoms with Crippen LogP contribution in [0.2, 0.25) is 0 Å². The molecule has 0 radical (unpaired) electrons. The number of halogens is 1. The fraction of sp³-hybridized carbons (Fsp3) is 0.875. The third-order valence-corrected chi connectivity index (χ3v) is 2.06. The average Bonchev–Trinajstić information content (AvgIpc) is 1.83. The van der Waals surface area contributed by atoms with Crippen molar-refractivity contribution >= 4 is 17.6 Å². The molecular weight excluding hydrogens is 180 g/mol. The highest BCUT2D eigenvalue weighted by molar-refractivity contribution is 6.18. The smallest absolute Gasteiger partial charge is 0.309 e. The maximum absolute atomic E-state index is 10.7. The average molecular weight is 195 g/mol. The number of rotatable bonds is 3. The quantitative estimate of drug-likeness (QED) is 0.667. The highest BCUT2D eigenvalue weighted by Crippen LogP contribution is 2.29. The van der Waals surface area contributed by atoms with Crippen molar-refractivity contribution in [1.29, 1.82) is 0 Å². The van der Waals surface area contributed by atoms with Crippen LogP contribution in [0.4, 0.5) is 0 Å². The molecule has 0 aliphatic rings. The molecule has 0 aliphatic carbocycles. The van der Waals surface area contributed by atoms with Gasteiger partial charge in [0, 0.05) is 5.88 Å². The van der Waals surface area contributed by atoms with Crippen molar-refractivity contribution in [3.8, 4) is 0 Å². The lowest BCUT2D eigenvalue weighted by atomic mass is 9.78. The van der Waals surface area contributed by atoms with Gasteiger partial charge in [0.2, 0.25) is 0 Å². The summed E-state index contributed by atoms with van der Waals surface area (Å²) in [4.78, 5) is 10.7. The van der Waals surface area contributed by atoms with E-state index in [0.717, 1.165) is 0 Å². The number of carbonyl (C=O) groups is 1. The van der Waals surface area contributed by atoms with E-state index in [2.05, 4.69) is 0 Å². The molecular formula is C8H15ClO3. The normalized spacial score (nSPS) is 17.1. The third-order valence-electron chi connectivity index (χ3n) is 1.74. The Hall–Kier alpha value is -0.280. The van der Waals surface area contributed by atoms with E-state index in [0.29, 0.717) is 0 Å².